The number of carboxylic acid groups (broad SMARTS) is 1. The van der Waals surface area contributed by atoms with Crippen molar-refractivity contribution in [3.63, 3.8) is 0 Å². The number of hydrogen-bond acceptors (Lipinski definition) is 4. The van der Waals surface area contributed by atoms with Crippen molar-refractivity contribution >= 4 is 23.7 Å². The van der Waals surface area contributed by atoms with Crippen molar-refractivity contribution in [1.29, 1.82) is 0 Å². The molecule has 1 saturated heterocycles. The summed E-state index contributed by atoms with van der Waals surface area (Å²) in [5.74, 6) is -2.38. The van der Waals surface area contributed by atoms with Crippen LogP contribution in [0.1, 0.15) is 40.5 Å². The standard InChI is InChI=1S/C15H25N3O5/c1-8(2)12(17-10(4)19)13(20)16-9(3)14(21)18-7-5-6-11(18)15(22)23/h8-9,11-12H,5-7H2,1-4H3,(H,16,20)(H,17,19)(H,22,23)/t9?,11-,12?/m0/s1. The first kappa shape index (κ1) is 18.9. The first-order valence-electron chi connectivity index (χ1n) is 7.76. The van der Waals surface area contributed by atoms with Gasteiger partial charge in [-0.3, -0.25) is 14.4 Å². The van der Waals surface area contributed by atoms with Crippen LogP contribution in [-0.4, -0.2) is 58.4 Å². The van der Waals surface area contributed by atoms with Gasteiger partial charge >= 0.3 is 5.97 Å². The van der Waals surface area contributed by atoms with Gasteiger partial charge in [-0.1, -0.05) is 13.8 Å². The molecule has 0 spiro atoms. The first-order valence-corrected chi connectivity index (χ1v) is 7.76. The Balaban J connectivity index is 2.71. The molecule has 8 nitrogen and oxygen atoms in total. The SMILES string of the molecule is CC(=O)NC(C(=O)NC(C)C(=O)N1CCC[C@H]1C(=O)O)C(C)C. The van der Waals surface area contributed by atoms with Gasteiger partial charge in [-0.2, -0.15) is 0 Å². The smallest absolute Gasteiger partial charge is 0.326 e. The fourth-order valence-corrected chi connectivity index (χ4v) is 2.65. The summed E-state index contributed by atoms with van der Waals surface area (Å²) >= 11 is 0. The molecule has 0 radical (unpaired) electrons. The highest BCUT2D eigenvalue weighted by Gasteiger charge is 2.36. The minimum Gasteiger partial charge on any atom is -0.480 e. The number of carbonyl (C=O) groups excluding carboxylic acids is 3. The Bertz CT molecular complexity index is 492. The van der Waals surface area contributed by atoms with Crippen LogP contribution in [-0.2, 0) is 19.2 Å². The Labute approximate surface area is 135 Å². The molecule has 0 aromatic heterocycles. The quantitative estimate of drug-likeness (QED) is 0.621. The Morgan fingerprint density at radius 1 is 1.13 bits per heavy atom. The molecule has 0 aromatic rings. The minimum absolute atomic E-state index is 0.139. The molecule has 8 heteroatoms. The number of nitrogens with zero attached hydrogens (tertiary/aromatic N) is 1. The molecule has 1 heterocycles. The average molecular weight is 327 g/mol. The first-order chi connectivity index (χ1) is 10.6. The van der Waals surface area contributed by atoms with Gasteiger partial charge in [0.15, 0.2) is 0 Å². The van der Waals surface area contributed by atoms with Gasteiger partial charge in [0.05, 0.1) is 0 Å². The van der Waals surface area contributed by atoms with E-state index in [9.17, 15) is 19.2 Å². The molecule has 1 fully saturated rings. The normalized spacial score (nSPS) is 20.0. The molecular weight excluding hydrogens is 302 g/mol. The van der Waals surface area contributed by atoms with Crippen molar-refractivity contribution < 1.29 is 24.3 Å². The molecule has 3 amide bonds. The van der Waals surface area contributed by atoms with Gasteiger partial charge in [0, 0.05) is 13.5 Å². The predicted octanol–water partition coefficient (Wildman–Crippen LogP) is -0.273. The molecule has 2 unspecified atom stereocenters. The van der Waals surface area contributed by atoms with Crippen LogP contribution >= 0.6 is 0 Å². The summed E-state index contributed by atoms with van der Waals surface area (Å²) in [7, 11) is 0. The molecule has 0 aliphatic carbocycles. The summed E-state index contributed by atoms with van der Waals surface area (Å²) in [4.78, 5) is 48.2. The van der Waals surface area contributed by atoms with Crippen molar-refractivity contribution in [3.8, 4) is 0 Å². The van der Waals surface area contributed by atoms with Crippen molar-refractivity contribution in [2.45, 2.75) is 58.7 Å². The Kier molecular flexibility index (Phi) is 6.53. The van der Waals surface area contributed by atoms with Crippen LogP contribution in [0.5, 0.6) is 0 Å². The third-order valence-electron chi connectivity index (χ3n) is 3.86. The Morgan fingerprint density at radius 3 is 2.22 bits per heavy atom. The molecular formula is C15H25N3O5. The number of amides is 3. The van der Waals surface area contributed by atoms with Crippen LogP contribution in [0.2, 0.25) is 0 Å². The molecule has 3 atom stereocenters. The molecule has 0 saturated carbocycles. The van der Waals surface area contributed by atoms with Crippen LogP contribution in [0.4, 0.5) is 0 Å². The lowest BCUT2D eigenvalue weighted by molar-refractivity contribution is -0.149. The van der Waals surface area contributed by atoms with Crippen LogP contribution in [0.3, 0.4) is 0 Å². The predicted molar refractivity (Wildman–Crippen MR) is 82.4 cm³/mol. The molecule has 1 aliphatic heterocycles. The van der Waals surface area contributed by atoms with E-state index in [1.54, 1.807) is 13.8 Å². The number of carbonyl (C=O) groups is 4. The van der Waals surface area contributed by atoms with Gasteiger partial charge in [-0.25, -0.2) is 4.79 Å². The van der Waals surface area contributed by atoms with Crippen LogP contribution < -0.4 is 10.6 Å². The molecule has 23 heavy (non-hydrogen) atoms. The van der Waals surface area contributed by atoms with E-state index >= 15 is 0 Å². The lowest BCUT2D eigenvalue weighted by atomic mass is 10.0. The van der Waals surface area contributed by atoms with Gasteiger partial charge in [-0.15, -0.1) is 0 Å². The molecule has 1 aliphatic rings. The monoisotopic (exact) mass is 327 g/mol. The number of carboxylic acids is 1. The molecule has 0 aromatic carbocycles. The molecule has 1 rings (SSSR count). The maximum absolute atomic E-state index is 12.4. The molecule has 0 bridgehead atoms. The number of aliphatic carboxylic acids is 1. The number of hydrogen-bond donors (Lipinski definition) is 3. The van der Waals surface area contributed by atoms with Gasteiger partial charge in [0.1, 0.15) is 18.1 Å². The summed E-state index contributed by atoms with van der Waals surface area (Å²) < 4.78 is 0. The van der Waals surface area contributed by atoms with Crippen LogP contribution in [0.15, 0.2) is 0 Å². The number of nitrogens with one attached hydrogen (secondary N) is 2. The van der Waals surface area contributed by atoms with Crippen molar-refractivity contribution in [3.05, 3.63) is 0 Å². The second-order valence-corrected chi connectivity index (χ2v) is 6.18. The maximum Gasteiger partial charge on any atom is 0.326 e. The average Bonchev–Trinajstić information content (AvgIpc) is 2.92. The van der Waals surface area contributed by atoms with E-state index in [0.29, 0.717) is 19.4 Å². The zero-order valence-corrected chi connectivity index (χ0v) is 14.0. The lowest BCUT2D eigenvalue weighted by Gasteiger charge is -2.27. The highest BCUT2D eigenvalue weighted by molar-refractivity contribution is 5.93. The zero-order chi connectivity index (χ0) is 17.7. The fourth-order valence-electron chi connectivity index (χ4n) is 2.65. The second-order valence-electron chi connectivity index (χ2n) is 6.18. The summed E-state index contributed by atoms with van der Waals surface area (Å²) in [6, 6.07) is -2.42. The van der Waals surface area contributed by atoms with E-state index in [0.717, 1.165) is 0 Å². The van der Waals surface area contributed by atoms with E-state index in [1.807, 2.05) is 0 Å². The Morgan fingerprint density at radius 2 is 1.74 bits per heavy atom. The molecule has 3 N–H and O–H groups in total. The van der Waals surface area contributed by atoms with E-state index in [-0.39, 0.29) is 11.8 Å². The topological polar surface area (TPSA) is 116 Å². The van der Waals surface area contributed by atoms with Crippen molar-refractivity contribution in [2.24, 2.45) is 5.92 Å². The van der Waals surface area contributed by atoms with Crippen LogP contribution in [0.25, 0.3) is 0 Å². The summed E-state index contributed by atoms with van der Waals surface area (Å²) in [6.45, 7) is 6.78. The minimum atomic E-state index is -1.03. The third kappa shape index (κ3) is 4.94. The van der Waals surface area contributed by atoms with E-state index in [4.69, 9.17) is 5.11 Å². The van der Waals surface area contributed by atoms with Gasteiger partial charge in [0.2, 0.25) is 17.7 Å². The highest BCUT2D eigenvalue weighted by atomic mass is 16.4. The van der Waals surface area contributed by atoms with Crippen molar-refractivity contribution in [2.75, 3.05) is 6.54 Å². The van der Waals surface area contributed by atoms with Crippen LogP contribution in [0, 0.1) is 5.92 Å². The van der Waals surface area contributed by atoms with Gasteiger partial charge < -0.3 is 20.6 Å². The summed E-state index contributed by atoms with van der Waals surface area (Å²) in [6.07, 6.45) is 1.05. The Hall–Kier alpha value is -2.12. The van der Waals surface area contributed by atoms with E-state index < -0.39 is 35.9 Å². The van der Waals surface area contributed by atoms with Crippen molar-refractivity contribution in [1.82, 2.24) is 15.5 Å². The lowest BCUT2D eigenvalue weighted by Crippen LogP contribution is -2.55. The third-order valence-corrected chi connectivity index (χ3v) is 3.86. The summed E-state index contributed by atoms with van der Waals surface area (Å²) in [5, 5.41) is 14.2. The zero-order valence-electron chi connectivity index (χ0n) is 14.0. The second kappa shape index (κ2) is 7.94. The van der Waals surface area contributed by atoms with Gasteiger partial charge in [-0.05, 0) is 25.7 Å². The fraction of sp³-hybridized carbons (Fsp3) is 0.733. The van der Waals surface area contributed by atoms with E-state index in [2.05, 4.69) is 10.6 Å². The summed E-state index contributed by atoms with van der Waals surface area (Å²) in [5.41, 5.74) is 0. The number of rotatable bonds is 6. The van der Waals surface area contributed by atoms with Gasteiger partial charge in [0.25, 0.3) is 0 Å². The highest BCUT2D eigenvalue weighted by Crippen LogP contribution is 2.18. The maximum atomic E-state index is 12.4. The molecule has 130 valence electrons. The number of likely N-dealkylation sites (tertiary alicyclic amines) is 1. The largest absolute Gasteiger partial charge is 0.480 e. The van der Waals surface area contributed by atoms with E-state index in [1.165, 1.54) is 18.7 Å².